The van der Waals surface area contributed by atoms with Gasteiger partial charge in [-0.05, 0) is 37.5 Å². The summed E-state index contributed by atoms with van der Waals surface area (Å²) in [4.78, 5) is 0. The van der Waals surface area contributed by atoms with Crippen molar-refractivity contribution in [3.8, 4) is 11.5 Å². The van der Waals surface area contributed by atoms with Gasteiger partial charge in [-0.1, -0.05) is 25.0 Å². The molecule has 0 atom stereocenters. The van der Waals surface area contributed by atoms with Gasteiger partial charge < -0.3 is 14.8 Å². The third kappa shape index (κ3) is 5.79. The van der Waals surface area contributed by atoms with Crippen molar-refractivity contribution in [2.24, 2.45) is 0 Å². The number of ether oxygens (including phenoxy) is 2. The van der Waals surface area contributed by atoms with Gasteiger partial charge >= 0.3 is 0 Å². The summed E-state index contributed by atoms with van der Waals surface area (Å²) < 4.78 is 11.6. The van der Waals surface area contributed by atoms with Gasteiger partial charge in [0.25, 0.3) is 0 Å². The number of thioether (sulfide) groups is 1. The first-order valence-electron chi connectivity index (χ1n) is 7.99. The van der Waals surface area contributed by atoms with Crippen LogP contribution in [0.5, 0.6) is 11.5 Å². The lowest BCUT2D eigenvalue weighted by molar-refractivity contribution is 0.296. The Morgan fingerprint density at radius 3 is 2.86 bits per heavy atom. The molecule has 1 aliphatic heterocycles. The smallest absolute Gasteiger partial charge is 0.165 e. The predicted molar refractivity (Wildman–Crippen MR) is 90.6 cm³/mol. The fourth-order valence-electron chi connectivity index (χ4n) is 2.47. The first-order chi connectivity index (χ1) is 10.4. The van der Waals surface area contributed by atoms with E-state index >= 15 is 0 Å². The van der Waals surface area contributed by atoms with E-state index in [2.05, 4.69) is 17.6 Å². The van der Waals surface area contributed by atoms with Crippen LogP contribution in [0.1, 0.15) is 37.7 Å². The second-order valence-corrected chi connectivity index (χ2v) is 6.36. The van der Waals surface area contributed by atoms with E-state index in [1.165, 1.54) is 37.0 Å². The fraction of sp³-hybridized carbons (Fsp3) is 0.647. The second-order valence-electron chi connectivity index (χ2n) is 5.38. The molecule has 0 aliphatic carbocycles. The van der Waals surface area contributed by atoms with Crippen LogP contribution in [0, 0.1) is 0 Å². The SMILES string of the molecule is CSCCCCCCNCc1cccc2c1OCCCO2. The Labute approximate surface area is 132 Å². The summed E-state index contributed by atoms with van der Waals surface area (Å²) in [6, 6.07) is 6.17. The zero-order valence-corrected chi connectivity index (χ0v) is 13.8. The van der Waals surface area contributed by atoms with Crippen molar-refractivity contribution in [3.05, 3.63) is 23.8 Å². The van der Waals surface area contributed by atoms with Gasteiger partial charge in [0, 0.05) is 18.5 Å². The minimum atomic E-state index is 0.749. The molecule has 1 heterocycles. The van der Waals surface area contributed by atoms with Crippen molar-refractivity contribution in [1.82, 2.24) is 5.32 Å². The Kier molecular flexibility index (Phi) is 7.82. The van der Waals surface area contributed by atoms with Crippen LogP contribution in [-0.2, 0) is 6.54 Å². The summed E-state index contributed by atoms with van der Waals surface area (Å²) in [5.41, 5.74) is 1.21. The molecule has 0 aromatic heterocycles. The Balaban J connectivity index is 1.69. The number of rotatable bonds is 9. The highest BCUT2D eigenvalue weighted by Gasteiger charge is 2.13. The lowest BCUT2D eigenvalue weighted by Gasteiger charge is -2.13. The van der Waals surface area contributed by atoms with E-state index in [9.17, 15) is 0 Å². The highest BCUT2D eigenvalue weighted by Crippen LogP contribution is 2.33. The second kappa shape index (κ2) is 9.96. The van der Waals surface area contributed by atoms with Gasteiger partial charge in [0.15, 0.2) is 11.5 Å². The van der Waals surface area contributed by atoms with Gasteiger partial charge in [-0.15, -0.1) is 0 Å². The lowest BCUT2D eigenvalue weighted by atomic mass is 10.1. The monoisotopic (exact) mass is 309 g/mol. The highest BCUT2D eigenvalue weighted by molar-refractivity contribution is 7.98. The van der Waals surface area contributed by atoms with Crippen LogP contribution in [0.3, 0.4) is 0 Å². The molecule has 0 fully saturated rings. The normalized spacial score (nSPS) is 14.0. The first kappa shape index (κ1) is 16.5. The third-order valence-corrected chi connectivity index (χ3v) is 4.32. The number of hydrogen-bond acceptors (Lipinski definition) is 4. The van der Waals surface area contributed by atoms with E-state index in [1.54, 1.807) is 0 Å². The number of benzene rings is 1. The minimum absolute atomic E-state index is 0.749. The van der Waals surface area contributed by atoms with Gasteiger partial charge in [0.2, 0.25) is 0 Å². The molecule has 4 heteroatoms. The van der Waals surface area contributed by atoms with Crippen LogP contribution in [0.2, 0.25) is 0 Å². The summed E-state index contributed by atoms with van der Waals surface area (Å²) in [5.74, 6) is 3.12. The summed E-state index contributed by atoms with van der Waals surface area (Å²) >= 11 is 1.94. The molecule has 3 nitrogen and oxygen atoms in total. The van der Waals surface area contributed by atoms with Crippen LogP contribution < -0.4 is 14.8 Å². The maximum atomic E-state index is 5.83. The number of unbranched alkanes of at least 4 members (excludes halogenated alkanes) is 3. The Hall–Kier alpha value is -0.870. The molecule has 0 amide bonds. The topological polar surface area (TPSA) is 30.5 Å². The van der Waals surface area contributed by atoms with E-state index in [-0.39, 0.29) is 0 Å². The average molecular weight is 309 g/mol. The maximum absolute atomic E-state index is 5.83. The number of nitrogens with one attached hydrogen (secondary N) is 1. The van der Waals surface area contributed by atoms with E-state index in [0.717, 1.165) is 44.2 Å². The molecule has 0 bridgehead atoms. The summed E-state index contributed by atoms with van der Waals surface area (Å²) in [7, 11) is 0. The van der Waals surface area contributed by atoms with Crippen molar-refractivity contribution < 1.29 is 9.47 Å². The van der Waals surface area contributed by atoms with E-state index in [1.807, 2.05) is 23.9 Å². The Morgan fingerprint density at radius 1 is 1.10 bits per heavy atom. The summed E-state index contributed by atoms with van der Waals surface area (Å²) in [6.07, 6.45) is 8.40. The summed E-state index contributed by atoms with van der Waals surface area (Å²) in [5, 5.41) is 3.52. The van der Waals surface area contributed by atoms with Crippen molar-refractivity contribution in [3.63, 3.8) is 0 Å². The average Bonchev–Trinajstić information content (AvgIpc) is 2.76. The van der Waals surface area contributed by atoms with Crippen LogP contribution in [0.25, 0.3) is 0 Å². The first-order valence-corrected chi connectivity index (χ1v) is 9.38. The molecule has 0 unspecified atom stereocenters. The number of hydrogen-bond donors (Lipinski definition) is 1. The molecular formula is C17H27NO2S. The van der Waals surface area contributed by atoms with Crippen LogP contribution in [-0.4, -0.2) is 31.8 Å². The van der Waals surface area contributed by atoms with Crippen LogP contribution in [0.4, 0.5) is 0 Å². The van der Waals surface area contributed by atoms with E-state index in [0.29, 0.717) is 0 Å². The van der Waals surface area contributed by atoms with Crippen molar-refractivity contribution in [2.75, 3.05) is 31.8 Å². The molecule has 1 aromatic rings. The minimum Gasteiger partial charge on any atom is -0.490 e. The molecule has 0 radical (unpaired) electrons. The predicted octanol–water partition coefficient (Wildman–Crippen LogP) is 3.86. The number of para-hydroxylation sites is 1. The molecule has 21 heavy (non-hydrogen) atoms. The van der Waals surface area contributed by atoms with Gasteiger partial charge in [-0.25, -0.2) is 0 Å². The largest absolute Gasteiger partial charge is 0.490 e. The lowest BCUT2D eigenvalue weighted by Crippen LogP contribution is -2.15. The van der Waals surface area contributed by atoms with Crippen LogP contribution >= 0.6 is 11.8 Å². The number of fused-ring (bicyclic) bond motifs is 1. The Bertz CT molecular complexity index is 412. The van der Waals surface area contributed by atoms with Crippen LogP contribution in [0.15, 0.2) is 18.2 Å². The van der Waals surface area contributed by atoms with E-state index in [4.69, 9.17) is 9.47 Å². The standard InChI is InChI=1S/C17H27NO2S/c1-21-13-5-3-2-4-10-18-14-15-8-6-9-16-17(15)20-12-7-11-19-16/h6,8-9,18H,2-5,7,10-14H2,1H3. The van der Waals surface area contributed by atoms with Crippen molar-refractivity contribution in [2.45, 2.75) is 38.6 Å². The highest BCUT2D eigenvalue weighted by atomic mass is 32.2. The van der Waals surface area contributed by atoms with Gasteiger partial charge in [-0.2, -0.15) is 11.8 Å². The quantitative estimate of drug-likeness (QED) is 0.702. The zero-order valence-electron chi connectivity index (χ0n) is 13.0. The zero-order chi connectivity index (χ0) is 14.8. The molecule has 1 aliphatic rings. The molecule has 1 N–H and O–H groups in total. The molecule has 2 rings (SSSR count). The van der Waals surface area contributed by atoms with Crippen molar-refractivity contribution >= 4 is 11.8 Å². The van der Waals surface area contributed by atoms with Gasteiger partial charge in [-0.3, -0.25) is 0 Å². The third-order valence-electron chi connectivity index (χ3n) is 3.62. The molecule has 0 saturated carbocycles. The fourth-order valence-corrected chi connectivity index (χ4v) is 2.96. The molecule has 1 aromatic carbocycles. The molecule has 0 saturated heterocycles. The molecular weight excluding hydrogens is 282 g/mol. The molecule has 0 spiro atoms. The van der Waals surface area contributed by atoms with Crippen molar-refractivity contribution in [1.29, 1.82) is 0 Å². The maximum Gasteiger partial charge on any atom is 0.165 e. The molecule has 118 valence electrons. The van der Waals surface area contributed by atoms with E-state index < -0.39 is 0 Å². The summed E-state index contributed by atoms with van der Waals surface area (Å²) in [6.45, 7) is 3.43. The Morgan fingerprint density at radius 2 is 1.95 bits per heavy atom. The van der Waals surface area contributed by atoms with Gasteiger partial charge in [0.1, 0.15) is 0 Å². The van der Waals surface area contributed by atoms with Gasteiger partial charge in [0.05, 0.1) is 13.2 Å².